The Morgan fingerprint density at radius 1 is 1.03 bits per heavy atom. The van der Waals surface area contributed by atoms with E-state index in [-0.39, 0.29) is 10.5 Å². The van der Waals surface area contributed by atoms with Gasteiger partial charge in [0.2, 0.25) is 5.91 Å². The number of nitrogens with zero attached hydrogens (tertiary/aromatic N) is 1. The predicted octanol–water partition coefficient (Wildman–Crippen LogP) is 4.12. The van der Waals surface area contributed by atoms with Crippen LogP contribution in [0.4, 0.5) is 9.59 Å². The van der Waals surface area contributed by atoms with Crippen molar-refractivity contribution in [2.75, 3.05) is 0 Å². The fourth-order valence-corrected chi connectivity index (χ4v) is 6.23. The highest BCUT2D eigenvalue weighted by molar-refractivity contribution is 8.14. The van der Waals surface area contributed by atoms with Gasteiger partial charge in [0.25, 0.3) is 5.24 Å². The van der Waals surface area contributed by atoms with Crippen LogP contribution in [0.3, 0.4) is 0 Å². The zero-order valence-corrected chi connectivity index (χ0v) is 22.3. The molecule has 1 aliphatic carbocycles. The lowest BCUT2D eigenvalue weighted by Crippen LogP contribution is -2.74. The number of alkyl carbamates (subject to hydrolysis) is 1. The Morgan fingerprint density at radius 3 is 2.24 bits per heavy atom. The van der Waals surface area contributed by atoms with Crippen molar-refractivity contribution in [3.05, 3.63) is 11.1 Å². The molecular weight excluding hydrogens is 478 g/mol. The molecule has 34 heavy (non-hydrogen) atoms. The van der Waals surface area contributed by atoms with Gasteiger partial charge in [0.15, 0.2) is 6.04 Å². The van der Waals surface area contributed by atoms with Crippen LogP contribution in [0.25, 0.3) is 0 Å². The van der Waals surface area contributed by atoms with Gasteiger partial charge in [0.1, 0.15) is 22.6 Å². The van der Waals surface area contributed by atoms with Gasteiger partial charge in [-0.2, -0.15) is 0 Å². The summed E-state index contributed by atoms with van der Waals surface area (Å²) in [5.74, 6) is -1.06. The highest BCUT2D eigenvalue weighted by Gasteiger charge is 2.57. The van der Waals surface area contributed by atoms with E-state index < -0.39 is 46.6 Å². The van der Waals surface area contributed by atoms with Crippen molar-refractivity contribution in [2.45, 2.75) is 108 Å². The van der Waals surface area contributed by atoms with Crippen molar-refractivity contribution in [1.29, 1.82) is 0 Å². The van der Waals surface area contributed by atoms with Crippen molar-refractivity contribution in [2.24, 2.45) is 0 Å². The van der Waals surface area contributed by atoms with Crippen molar-refractivity contribution in [3.63, 3.8) is 0 Å². The van der Waals surface area contributed by atoms with E-state index in [4.69, 9.17) is 9.47 Å². The number of ether oxygens (including phenoxy) is 2. The SMILES string of the molecule is CC(C)(C)OC(=O)NC1C(=O)N2C(C(=O)OC(C)(C)C)C(NC(=O)SC3CCCCC3)=CS[C@@H]12. The number of amides is 3. The highest BCUT2D eigenvalue weighted by atomic mass is 32.2. The van der Waals surface area contributed by atoms with Gasteiger partial charge in [-0.15, -0.1) is 11.8 Å². The summed E-state index contributed by atoms with van der Waals surface area (Å²) >= 11 is 2.51. The largest absolute Gasteiger partial charge is 0.458 e. The van der Waals surface area contributed by atoms with E-state index in [0.717, 1.165) is 25.7 Å². The van der Waals surface area contributed by atoms with Crippen LogP contribution in [0.5, 0.6) is 0 Å². The summed E-state index contributed by atoms with van der Waals surface area (Å²) < 4.78 is 10.8. The van der Waals surface area contributed by atoms with Crippen LogP contribution in [0, 0.1) is 0 Å². The molecule has 190 valence electrons. The molecular formula is C23H35N3O6S2. The maximum Gasteiger partial charge on any atom is 0.408 e. The second-order valence-electron chi connectivity index (χ2n) is 10.7. The average Bonchev–Trinajstić information content (AvgIpc) is 2.69. The number of rotatable bonds is 4. The van der Waals surface area contributed by atoms with E-state index in [9.17, 15) is 19.2 Å². The molecule has 0 aromatic rings. The number of carbonyl (C=O) groups excluding carboxylic acids is 4. The summed E-state index contributed by atoms with van der Waals surface area (Å²) in [4.78, 5) is 52.4. The monoisotopic (exact) mass is 513 g/mol. The number of nitrogens with one attached hydrogen (secondary N) is 2. The molecule has 2 N–H and O–H groups in total. The molecule has 3 atom stereocenters. The van der Waals surface area contributed by atoms with Gasteiger partial charge in [-0.1, -0.05) is 31.0 Å². The Bertz CT molecular complexity index is 858. The molecule has 11 heteroatoms. The third-order valence-corrected chi connectivity index (χ3v) is 7.65. The number of β-lactam (4-membered cyclic amide) rings is 1. The third kappa shape index (κ3) is 6.84. The van der Waals surface area contributed by atoms with Gasteiger partial charge in [-0.25, -0.2) is 9.59 Å². The quantitative estimate of drug-likeness (QED) is 0.426. The number of hydrogen-bond donors (Lipinski definition) is 2. The fourth-order valence-electron chi connectivity index (χ4n) is 4.01. The Kier molecular flexibility index (Phi) is 8.17. The number of carbonyl (C=O) groups is 4. The van der Waals surface area contributed by atoms with Gasteiger partial charge in [-0.05, 0) is 59.8 Å². The van der Waals surface area contributed by atoms with E-state index in [1.807, 2.05) is 0 Å². The molecule has 0 aromatic heterocycles. The molecule has 2 heterocycles. The molecule has 2 aliphatic heterocycles. The van der Waals surface area contributed by atoms with Gasteiger partial charge in [-0.3, -0.25) is 9.59 Å². The Morgan fingerprint density at radius 2 is 1.65 bits per heavy atom. The lowest BCUT2D eigenvalue weighted by Gasteiger charge is -2.51. The molecule has 2 fully saturated rings. The summed E-state index contributed by atoms with van der Waals surface area (Å²) in [5, 5.41) is 6.60. The minimum atomic E-state index is -1.09. The fraction of sp³-hybridized carbons (Fsp3) is 0.739. The standard InChI is InChI=1S/C23H35N3O6S2/c1-22(2,3)31-19(28)16-14(24-21(30)34-13-10-8-7-9-11-13)12-33-18-15(17(27)26(16)18)25-20(29)32-23(4,5)6/h12-13,15-16,18H,7-11H2,1-6H3,(H,24,30)(H,25,29)/t15?,16?,18-/m0/s1. The Hall–Kier alpha value is -1.88. The highest BCUT2D eigenvalue weighted by Crippen LogP contribution is 2.40. The summed E-state index contributed by atoms with van der Waals surface area (Å²) in [5.41, 5.74) is -1.17. The molecule has 0 spiro atoms. The minimum absolute atomic E-state index is 0.248. The van der Waals surface area contributed by atoms with Crippen molar-refractivity contribution in [1.82, 2.24) is 15.5 Å². The molecule has 3 aliphatic rings. The molecule has 9 nitrogen and oxygen atoms in total. The zero-order chi connectivity index (χ0) is 25.3. The van der Waals surface area contributed by atoms with Gasteiger partial charge in [0, 0.05) is 5.25 Å². The normalized spacial score (nSPS) is 25.5. The minimum Gasteiger partial charge on any atom is -0.458 e. The zero-order valence-electron chi connectivity index (χ0n) is 20.6. The molecule has 1 saturated carbocycles. The molecule has 1 saturated heterocycles. The van der Waals surface area contributed by atoms with Crippen LogP contribution in [0.15, 0.2) is 11.1 Å². The number of esters is 1. The summed E-state index contributed by atoms with van der Waals surface area (Å²) in [6.45, 7) is 10.4. The van der Waals surface area contributed by atoms with E-state index in [0.29, 0.717) is 5.70 Å². The number of fused-ring (bicyclic) bond motifs is 1. The predicted molar refractivity (Wildman–Crippen MR) is 132 cm³/mol. The smallest absolute Gasteiger partial charge is 0.408 e. The maximum atomic E-state index is 13.1. The Balaban J connectivity index is 1.74. The van der Waals surface area contributed by atoms with Crippen molar-refractivity contribution >= 4 is 46.7 Å². The summed E-state index contributed by atoms with van der Waals surface area (Å²) in [7, 11) is 0. The first-order chi connectivity index (χ1) is 15.7. The van der Waals surface area contributed by atoms with Crippen LogP contribution >= 0.6 is 23.5 Å². The van der Waals surface area contributed by atoms with E-state index >= 15 is 0 Å². The van der Waals surface area contributed by atoms with Crippen LogP contribution in [0.2, 0.25) is 0 Å². The molecule has 0 aromatic carbocycles. The number of hydrogen-bond acceptors (Lipinski definition) is 8. The van der Waals surface area contributed by atoms with E-state index in [1.165, 1.54) is 34.8 Å². The van der Waals surface area contributed by atoms with Crippen molar-refractivity contribution in [3.8, 4) is 0 Å². The van der Waals surface area contributed by atoms with Crippen molar-refractivity contribution < 1.29 is 28.7 Å². The first kappa shape index (κ1) is 26.7. The van der Waals surface area contributed by atoms with Crippen LogP contribution in [-0.2, 0) is 19.1 Å². The molecule has 3 rings (SSSR count). The number of thioether (sulfide) groups is 2. The second-order valence-corrected chi connectivity index (χ2v) is 13.0. The average molecular weight is 514 g/mol. The molecule has 0 bridgehead atoms. The lowest BCUT2D eigenvalue weighted by molar-refractivity contribution is -0.169. The van der Waals surface area contributed by atoms with E-state index in [2.05, 4.69) is 10.6 Å². The maximum absolute atomic E-state index is 13.1. The van der Waals surface area contributed by atoms with Crippen LogP contribution in [-0.4, -0.2) is 62.0 Å². The topological polar surface area (TPSA) is 114 Å². The van der Waals surface area contributed by atoms with Crippen LogP contribution < -0.4 is 10.6 Å². The van der Waals surface area contributed by atoms with Gasteiger partial charge < -0.3 is 25.0 Å². The third-order valence-electron chi connectivity index (χ3n) is 5.36. The molecule has 3 amide bonds. The second kappa shape index (κ2) is 10.4. The Labute approximate surface area is 209 Å². The first-order valence-electron chi connectivity index (χ1n) is 11.6. The molecule has 2 unspecified atom stereocenters. The first-order valence-corrected chi connectivity index (χ1v) is 13.4. The lowest BCUT2D eigenvalue weighted by atomic mass is 10.0. The summed E-state index contributed by atoms with van der Waals surface area (Å²) in [6, 6.07) is -1.93. The van der Waals surface area contributed by atoms with Gasteiger partial charge >= 0.3 is 12.1 Å². The van der Waals surface area contributed by atoms with E-state index in [1.54, 1.807) is 47.0 Å². The summed E-state index contributed by atoms with van der Waals surface area (Å²) in [6.07, 6.45) is 4.70. The van der Waals surface area contributed by atoms with Gasteiger partial charge in [0.05, 0.1) is 5.70 Å². The van der Waals surface area contributed by atoms with Crippen LogP contribution in [0.1, 0.15) is 73.6 Å². The molecule has 0 radical (unpaired) electrons.